The summed E-state index contributed by atoms with van der Waals surface area (Å²) in [5, 5.41) is 3.46. The molecule has 166 valence electrons. The molecule has 2 amide bonds. The van der Waals surface area contributed by atoms with Gasteiger partial charge in [0.1, 0.15) is 10.7 Å². The van der Waals surface area contributed by atoms with E-state index in [1.165, 1.54) is 17.5 Å². The maximum absolute atomic E-state index is 13.5. The average Bonchev–Trinajstić information content (AvgIpc) is 3.19. The van der Waals surface area contributed by atoms with Gasteiger partial charge in [-0.05, 0) is 30.2 Å². The van der Waals surface area contributed by atoms with Gasteiger partial charge >= 0.3 is 0 Å². The number of amides is 2. The highest BCUT2D eigenvalue weighted by atomic mass is 32.1. The number of nitrogens with zero attached hydrogens (tertiary/aromatic N) is 3. The van der Waals surface area contributed by atoms with Gasteiger partial charge in [0.15, 0.2) is 0 Å². The minimum atomic E-state index is -0.398. The Morgan fingerprint density at radius 3 is 2.45 bits per heavy atom. The number of carbonyl (C=O) groups excluding carboxylic acids is 2. The van der Waals surface area contributed by atoms with Crippen LogP contribution in [0.1, 0.15) is 26.4 Å². The molecule has 0 aliphatic carbocycles. The molecule has 0 bridgehead atoms. The molecule has 1 N–H and O–H groups in total. The molecule has 0 spiro atoms. The second-order valence-corrected chi connectivity index (χ2v) is 8.75. The molecule has 1 aliphatic rings. The zero-order valence-corrected chi connectivity index (χ0v) is 18.9. The molecular formula is C25H22N4O3S. The van der Waals surface area contributed by atoms with Crippen molar-refractivity contribution in [1.82, 2.24) is 14.9 Å². The first-order valence-corrected chi connectivity index (χ1v) is 11.5. The fourth-order valence-corrected chi connectivity index (χ4v) is 5.08. The number of anilines is 1. The second kappa shape index (κ2) is 9.09. The van der Waals surface area contributed by atoms with Gasteiger partial charge in [0.05, 0.1) is 36.0 Å². The molecule has 1 saturated heterocycles. The third-order valence-corrected chi connectivity index (χ3v) is 6.86. The number of fused-ring (bicyclic) bond motifs is 1. The highest BCUT2D eigenvalue weighted by molar-refractivity contribution is 7.20. The Labute approximate surface area is 195 Å². The highest BCUT2D eigenvalue weighted by Crippen LogP contribution is 2.40. The first kappa shape index (κ1) is 21.2. The molecule has 0 saturated carbocycles. The van der Waals surface area contributed by atoms with E-state index < -0.39 is 5.91 Å². The number of nitrogens with one attached hydrogen (secondary N) is 1. The van der Waals surface area contributed by atoms with Crippen molar-refractivity contribution in [2.75, 3.05) is 31.6 Å². The van der Waals surface area contributed by atoms with E-state index in [0.717, 1.165) is 21.5 Å². The number of benzene rings is 2. The van der Waals surface area contributed by atoms with Crippen LogP contribution in [0, 0.1) is 6.92 Å². The van der Waals surface area contributed by atoms with Crippen LogP contribution in [0.2, 0.25) is 0 Å². The summed E-state index contributed by atoms with van der Waals surface area (Å²) >= 11 is 1.40. The zero-order chi connectivity index (χ0) is 22.8. The van der Waals surface area contributed by atoms with Crippen molar-refractivity contribution < 1.29 is 14.3 Å². The fraction of sp³-hybridized carbons (Fsp3) is 0.200. The number of aromatic nitrogens is 2. The van der Waals surface area contributed by atoms with Crippen LogP contribution in [0.25, 0.3) is 21.5 Å². The fourth-order valence-electron chi connectivity index (χ4n) is 3.88. The van der Waals surface area contributed by atoms with Crippen LogP contribution < -0.4 is 5.32 Å². The molecule has 0 atom stereocenters. The number of carbonyl (C=O) groups is 2. The number of hydrogen-bond donors (Lipinski definition) is 1. The van der Waals surface area contributed by atoms with E-state index in [4.69, 9.17) is 4.74 Å². The molecule has 5 rings (SSSR count). The lowest BCUT2D eigenvalue weighted by molar-refractivity contribution is 0.0303. The van der Waals surface area contributed by atoms with Gasteiger partial charge < -0.3 is 15.0 Å². The van der Waals surface area contributed by atoms with Crippen LogP contribution >= 0.6 is 11.3 Å². The SMILES string of the molecule is Cc1c(-c2ccccc2)sc(NC(=O)c2cnc3ccccc3n2)c1C(=O)N1CCOCC1. The van der Waals surface area contributed by atoms with E-state index in [9.17, 15) is 9.59 Å². The lowest BCUT2D eigenvalue weighted by atomic mass is 10.1. The van der Waals surface area contributed by atoms with E-state index in [0.29, 0.717) is 42.4 Å². The molecule has 2 aromatic carbocycles. The largest absolute Gasteiger partial charge is 0.378 e. The molecule has 1 aliphatic heterocycles. The first-order chi connectivity index (χ1) is 16.1. The van der Waals surface area contributed by atoms with Crippen LogP contribution in [0.5, 0.6) is 0 Å². The Bertz CT molecular complexity index is 1330. The van der Waals surface area contributed by atoms with Crippen LogP contribution in [0.3, 0.4) is 0 Å². The molecule has 0 unspecified atom stereocenters. The van der Waals surface area contributed by atoms with Crippen molar-refractivity contribution in [3.63, 3.8) is 0 Å². The predicted molar refractivity (Wildman–Crippen MR) is 129 cm³/mol. The number of thiophene rings is 1. The molecule has 3 heterocycles. The quantitative estimate of drug-likeness (QED) is 0.490. The third kappa shape index (κ3) is 4.22. The van der Waals surface area contributed by atoms with Crippen LogP contribution in [0.15, 0.2) is 60.8 Å². The molecule has 4 aromatic rings. The summed E-state index contributed by atoms with van der Waals surface area (Å²) in [5.41, 5.74) is 3.93. The number of hydrogen-bond acceptors (Lipinski definition) is 6. The maximum Gasteiger partial charge on any atom is 0.276 e. The summed E-state index contributed by atoms with van der Waals surface area (Å²) in [4.78, 5) is 38.1. The van der Waals surface area contributed by atoms with E-state index in [-0.39, 0.29) is 11.6 Å². The summed E-state index contributed by atoms with van der Waals surface area (Å²) < 4.78 is 5.40. The summed E-state index contributed by atoms with van der Waals surface area (Å²) in [6, 6.07) is 17.3. The number of morpholine rings is 1. The van der Waals surface area contributed by atoms with Crippen molar-refractivity contribution in [3.8, 4) is 10.4 Å². The Morgan fingerprint density at radius 1 is 1.00 bits per heavy atom. The van der Waals surface area contributed by atoms with Gasteiger partial charge in [-0.1, -0.05) is 42.5 Å². The predicted octanol–water partition coefficient (Wildman–Crippen LogP) is 4.39. The van der Waals surface area contributed by atoms with E-state index in [1.54, 1.807) is 4.90 Å². The summed E-state index contributed by atoms with van der Waals surface area (Å²) in [5.74, 6) is -0.501. The molecular weight excluding hydrogens is 436 g/mol. The van der Waals surface area contributed by atoms with Crippen LogP contribution in [-0.2, 0) is 4.74 Å². The van der Waals surface area contributed by atoms with E-state index in [1.807, 2.05) is 61.5 Å². The average molecular weight is 459 g/mol. The summed E-state index contributed by atoms with van der Waals surface area (Å²) in [6.45, 7) is 4.00. The number of para-hydroxylation sites is 2. The minimum absolute atomic E-state index is 0.103. The molecule has 0 radical (unpaired) electrons. The lowest BCUT2D eigenvalue weighted by Gasteiger charge is -2.27. The van der Waals surface area contributed by atoms with Crippen LogP contribution in [0.4, 0.5) is 5.00 Å². The van der Waals surface area contributed by atoms with Gasteiger partial charge in [-0.3, -0.25) is 14.6 Å². The van der Waals surface area contributed by atoms with Crippen molar-refractivity contribution in [1.29, 1.82) is 0 Å². The summed E-state index contributed by atoms with van der Waals surface area (Å²) in [7, 11) is 0. The Morgan fingerprint density at radius 2 is 1.70 bits per heavy atom. The molecule has 1 fully saturated rings. The van der Waals surface area contributed by atoms with Gasteiger partial charge in [-0.2, -0.15) is 0 Å². The van der Waals surface area contributed by atoms with Gasteiger partial charge in [0.25, 0.3) is 11.8 Å². The normalized spacial score (nSPS) is 13.8. The smallest absolute Gasteiger partial charge is 0.276 e. The van der Waals surface area contributed by atoms with E-state index in [2.05, 4.69) is 15.3 Å². The number of ether oxygens (including phenoxy) is 1. The first-order valence-electron chi connectivity index (χ1n) is 10.7. The second-order valence-electron chi connectivity index (χ2n) is 7.73. The topological polar surface area (TPSA) is 84.4 Å². The highest BCUT2D eigenvalue weighted by Gasteiger charge is 2.28. The summed E-state index contributed by atoms with van der Waals surface area (Å²) in [6.07, 6.45) is 1.46. The van der Waals surface area contributed by atoms with Gasteiger partial charge in [-0.25, -0.2) is 4.98 Å². The van der Waals surface area contributed by atoms with Crippen molar-refractivity contribution in [3.05, 3.63) is 77.6 Å². The standard InChI is InChI=1S/C25H22N4O3S/c1-16-21(25(31)29-11-13-32-14-12-29)24(33-22(16)17-7-3-2-4-8-17)28-23(30)20-15-26-18-9-5-6-10-19(18)27-20/h2-10,15H,11-14H2,1H3,(H,28,30). The molecule has 33 heavy (non-hydrogen) atoms. The van der Waals surface area contributed by atoms with Crippen LogP contribution in [-0.4, -0.2) is 53.0 Å². The molecule has 2 aromatic heterocycles. The minimum Gasteiger partial charge on any atom is -0.378 e. The van der Waals surface area contributed by atoms with Crippen molar-refractivity contribution in [2.45, 2.75) is 6.92 Å². The Balaban J connectivity index is 1.53. The van der Waals surface area contributed by atoms with Gasteiger partial charge in [-0.15, -0.1) is 11.3 Å². The lowest BCUT2D eigenvalue weighted by Crippen LogP contribution is -2.41. The Kier molecular flexibility index (Phi) is 5.85. The molecule has 7 nitrogen and oxygen atoms in total. The molecule has 8 heteroatoms. The third-order valence-electron chi connectivity index (χ3n) is 5.60. The van der Waals surface area contributed by atoms with Crippen molar-refractivity contribution in [2.24, 2.45) is 0 Å². The Hall–Kier alpha value is -3.62. The maximum atomic E-state index is 13.5. The van der Waals surface area contributed by atoms with Gasteiger partial charge in [0, 0.05) is 18.0 Å². The zero-order valence-electron chi connectivity index (χ0n) is 18.1. The number of rotatable bonds is 4. The van der Waals surface area contributed by atoms with Gasteiger partial charge in [0.2, 0.25) is 0 Å². The van der Waals surface area contributed by atoms with Crippen molar-refractivity contribution >= 4 is 39.2 Å². The monoisotopic (exact) mass is 458 g/mol. The van der Waals surface area contributed by atoms with E-state index >= 15 is 0 Å².